The second-order valence-corrected chi connectivity index (χ2v) is 21.1. The van der Waals surface area contributed by atoms with Gasteiger partial charge in [0.2, 0.25) is 0 Å². The van der Waals surface area contributed by atoms with Crippen molar-refractivity contribution in [3.63, 3.8) is 0 Å². The highest BCUT2D eigenvalue weighted by Gasteiger charge is 2.27. The molecule has 0 heterocycles. The molecule has 69 heavy (non-hydrogen) atoms. The number of phosphoric acid groups is 1. The third-order valence-corrected chi connectivity index (χ3v) is 13.8. The first-order valence-electron chi connectivity index (χ1n) is 28.9. The van der Waals surface area contributed by atoms with Crippen LogP contribution in [0.15, 0.2) is 36.5 Å². The molecule has 3 atom stereocenters. The molecule has 0 saturated carbocycles. The number of hydrogen-bond acceptors (Lipinski definition) is 9. The zero-order valence-corrected chi connectivity index (χ0v) is 45.7. The molecule has 3 N–H and O–H groups in total. The van der Waals surface area contributed by atoms with Crippen LogP contribution >= 0.6 is 7.82 Å². The predicted octanol–water partition coefficient (Wildman–Crippen LogP) is 17.0. The van der Waals surface area contributed by atoms with Gasteiger partial charge in [0.05, 0.1) is 26.4 Å². The lowest BCUT2D eigenvalue weighted by Gasteiger charge is -2.20. The van der Waals surface area contributed by atoms with Crippen molar-refractivity contribution in [2.24, 2.45) is 0 Å². The van der Waals surface area contributed by atoms with Gasteiger partial charge in [-0.2, -0.15) is 0 Å². The number of esters is 2. The lowest BCUT2D eigenvalue weighted by Crippen LogP contribution is -2.28. The van der Waals surface area contributed by atoms with Gasteiger partial charge >= 0.3 is 19.8 Å². The van der Waals surface area contributed by atoms with Gasteiger partial charge in [0, 0.05) is 12.8 Å². The molecule has 0 rings (SSSR count). The van der Waals surface area contributed by atoms with Gasteiger partial charge in [-0.1, -0.05) is 237 Å². The number of aliphatic hydroxyl groups excluding tert-OH is 2. The van der Waals surface area contributed by atoms with Crippen LogP contribution in [0.25, 0.3) is 0 Å². The smallest absolute Gasteiger partial charge is 0.457 e. The van der Waals surface area contributed by atoms with Crippen molar-refractivity contribution in [3.05, 3.63) is 36.5 Å². The SMILES string of the molecule is CCCCCCC/C=C\C/C=C\CCCCCCCCCCCCCC(=O)OC(CO)COP(=O)(O)OCC(CO)OC(=O)CCCCCCCCCCCCC/C=C\CCCCCCCCCC. The molecule has 0 fully saturated rings. The van der Waals surface area contributed by atoms with E-state index in [2.05, 4.69) is 50.3 Å². The molecule has 0 saturated heterocycles. The highest BCUT2D eigenvalue weighted by atomic mass is 31.2. The van der Waals surface area contributed by atoms with Crippen LogP contribution < -0.4 is 0 Å². The molecule has 0 aliphatic rings. The van der Waals surface area contributed by atoms with Crippen LogP contribution in [0, 0.1) is 0 Å². The molecular formula is C58H109O10P. The lowest BCUT2D eigenvalue weighted by atomic mass is 10.0. The van der Waals surface area contributed by atoms with Crippen LogP contribution in [0.5, 0.6) is 0 Å². The van der Waals surface area contributed by atoms with Crippen LogP contribution in [-0.4, -0.2) is 65.7 Å². The Bertz CT molecular complexity index is 1240. The molecular weight excluding hydrogens is 888 g/mol. The minimum absolute atomic E-state index is 0.191. The Morgan fingerprint density at radius 3 is 0.913 bits per heavy atom. The second kappa shape index (κ2) is 54.0. The molecule has 0 amide bonds. The topological polar surface area (TPSA) is 149 Å². The van der Waals surface area contributed by atoms with Crippen LogP contribution in [0.2, 0.25) is 0 Å². The average Bonchev–Trinajstić information content (AvgIpc) is 3.34. The summed E-state index contributed by atoms with van der Waals surface area (Å²) in [7, 11) is -4.65. The van der Waals surface area contributed by atoms with Crippen molar-refractivity contribution in [1.29, 1.82) is 0 Å². The van der Waals surface area contributed by atoms with Crippen LogP contribution in [0.4, 0.5) is 0 Å². The molecule has 0 spiro atoms. The summed E-state index contributed by atoms with van der Waals surface area (Å²) in [5.74, 6) is -1.01. The number of carbonyl (C=O) groups is 2. The highest BCUT2D eigenvalue weighted by Crippen LogP contribution is 2.43. The van der Waals surface area contributed by atoms with Crippen molar-refractivity contribution in [1.82, 2.24) is 0 Å². The van der Waals surface area contributed by atoms with E-state index in [4.69, 9.17) is 18.5 Å². The molecule has 406 valence electrons. The molecule has 0 aliphatic carbocycles. The number of rotatable bonds is 55. The van der Waals surface area contributed by atoms with Gasteiger partial charge < -0.3 is 24.6 Å². The van der Waals surface area contributed by atoms with Gasteiger partial charge in [-0.05, 0) is 70.6 Å². The summed E-state index contributed by atoms with van der Waals surface area (Å²) >= 11 is 0. The maximum absolute atomic E-state index is 12.5. The number of carbonyl (C=O) groups excluding carboxylic acids is 2. The van der Waals surface area contributed by atoms with E-state index in [1.807, 2.05) is 0 Å². The summed E-state index contributed by atoms with van der Waals surface area (Å²) in [6, 6.07) is 0. The van der Waals surface area contributed by atoms with E-state index in [1.165, 1.54) is 199 Å². The van der Waals surface area contributed by atoms with E-state index in [-0.39, 0.29) is 12.8 Å². The molecule has 0 aliphatic heterocycles. The lowest BCUT2D eigenvalue weighted by molar-refractivity contribution is -0.153. The largest absolute Gasteiger partial charge is 0.472 e. The number of aliphatic hydroxyl groups is 2. The van der Waals surface area contributed by atoms with Gasteiger partial charge in [-0.3, -0.25) is 18.6 Å². The Balaban J connectivity index is 3.77. The van der Waals surface area contributed by atoms with E-state index in [0.717, 1.165) is 44.9 Å². The first-order valence-corrected chi connectivity index (χ1v) is 30.4. The minimum atomic E-state index is -4.65. The molecule has 11 heteroatoms. The van der Waals surface area contributed by atoms with Crippen molar-refractivity contribution < 1.29 is 47.8 Å². The maximum atomic E-state index is 12.5. The fourth-order valence-electron chi connectivity index (χ4n) is 8.38. The fourth-order valence-corrected chi connectivity index (χ4v) is 9.16. The van der Waals surface area contributed by atoms with Crippen LogP contribution in [-0.2, 0) is 32.7 Å². The molecule has 0 radical (unpaired) electrons. The van der Waals surface area contributed by atoms with E-state index in [9.17, 15) is 29.3 Å². The number of allylic oxidation sites excluding steroid dienone is 6. The fraction of sp³-hybridized carbons (Fsp3) is 0.862. The average molecular weight is 997 g/mol. The summed E-state index contributed by atoms with van der Waals surface area (Å²) in [4.78, 5) is 34.8. The first-order chi connectivity index (χ1) is 33.8. The zero-order valence-electron chi connectivity index (χ0n) is 44.8. The van der Waals surface area contributed by atoms with E-state index in [1.54, 1.807) is 0 Å². The van der Waals surface area contributed by atoms with Gasteiger partial charge in [0.25, 0.3) is 0 Å². The second-order valence-electron chi connectivity index (χ2n) is 19.6. The number of unbranched alkanes of at least 4 members (excludes halogenated alkanes) is 35. The molecule has 0 aromatic rings. The van der Waals surface area contributed by atoms with Gasteiger partial charge in [-0.25, -0.2) is 4.57 Å². The minimum Gasteiger partial charge on any atom is -0.457 e. The molecule has 0 aromatic heterocycles. The standard InChI is InChI=1S/C58H109O10P/c1-3-5-7-9-11-13-15-17-19-21-23-25-27-29-31-33-35-37-39-41-43-45-47-49-57(61)67-55(51-59)53-65-69(63,64)66-54-56(52-60)68-58(62)50-48-46-44-42-40-38-36-34-32-30-28-26-24-22-20-18-16-14-12-10-8-6-4-2/h15,17,21-24,55-56,59-60H,3-14,16,18-20,25-54H2,1-2H3,(H,63,64)/b17-15-,23-21-,24-22-. The highest BCUT2D eigenvalue weighted by molar-refractivity contribution is 7.47. The summed E-state index contributed by atoms with van der Waals surface area (Å²) in [5, 5.41) is 19.3. The van der Waals surface area contributed by atoms with Gasteiger partial charge in [-0.15, -0.1) is 0 Å². The monoisotopic (exact) mass is 997 g/mol. The Hall–Kier alpha value is -1.81. The van der Waals surface area contributed by atoms with Gasteiger partial charge in [0.15, 0.2) is 0 Å². The Labute approximate surface area is 424 Å². The Morgan fingerprint density at radius 1 is 0.391 bits per heavy atom. The summed E-state index contributed by atoms with van der Waals surface area (Å²) in [6.07, 6.45) is 61.3. The first kappa shape index (κ1) is 67.2. The third kappa shape index (κ3) is 52.3. The summed E-state index contributed by atoms with van der Waals surface area (Å²) < 4.78 is 32.8. The number of ether oxygens (including phenoxy) is 2. The molecule has 3 unspecified atom stereocenters. The van der Waals surface area contributed by atoms with Crippen molar-refractivity contribution in [2.75, 3.05) is 26.4 Å². The molecule has 0 bridgehead atoms. The van der Waals surface area contributed by atoms with Crippen LogP contribution in [0.1, 0.15) is 284 Å². The zero-order chi connectivity index (χ0) is 50.4. The molecule has 0 aromatic carbocycles. The summed E-state index contributed by atoms with van der Waals surface area (Å²) in [6.45, 7) is 2.25. The van der Waals surface area contributed by atoms with Gasteiger partial charge in [0.1, 0.15) is 12.2 Å². The molecule has 10 nitrogen and oxygen atoms in total. The third-order valence-electron chi connectivity index (χ3n) is 12.8. The van der Waals surface area contributed by atoms with Crippen molar-refractivity contribution >= 4 is 19.8 Å². The number of hydrogen-bond donors (Lipinski definition) is 3. The van der Waals surface area contributed by atoms with E-state index in [0.29, 0.717) is 12.8 Å². The quantitative estimate of drug-likeness (QED) is 0.0233. The maximum Gasteiger partial charge on any atom is 0.472 e. The van der Waals surface area contributed by atoms with Crippen LogP contribution in [0.3, 0.4) is 0 Å². The number of phosphoric ester groups is 1. The predicted molar refractivity (Wildman–Crippen MR) is 288 cm³/mol. The normalized spacial score (nSPS) is 13.8. The summed E-state index contributed by atoms with van der Waals surface area (Å²) in [5.41, 5.74) is 0. The Morgan fingerprint density at radius 2 is 0.638 bits per heavy atom. The van der Waals surface area contributed by atoms with Crippen molar-refractivity contribution in [2.45, 2.75) is 296 Å². The Kier molecular flexibility index (Phi) is 52.6. The van der Waals surface area contributed by atoms with Crippen molar-refractivity contribution in [3.8, 4) is 0 Å². The van der Waals surface area contributed by atoms with E-state index >= 15 is 0 Å². The van der Waals surface area contributed by atoms with E-state index < -0.39 is 58.4 Å².